The fraction of sp³-hybridized carbons (Fsp3) is 0.538. The second-order valence-corrected chi connectivity index (χ2v) is 5.12. The molecule has 16 heavy (non-hydrogen) atoms. The van der Waals surface area contributed by atoms with E-state index in [1.165, 1.54) is 31.7 Å². The Hall–Kier alpha value is -0.955. The van der Waals surface area contributed by atoms with E-state index in [0.29, 0.717) is 6.04 Å². The summed E-state index contributed by atoms with van der Waals surface area (Å²) < 4.78 is 0. The van der Waals surface area contributed by atoms with Crippen LogP contribution in [-0.4, -0.2) is 45.5 Å². The van der Waals surface area contributed by atoms with Crippen molar-refractivity contribution >= 4 is 19.0 Å². The van der Waals surface area contributed by atoms with Gasteiger partial charge in [-0.1, -0.05) is 17.6 Å². The van der Waals surface area contributed by atoms with Crippen LogP contribution in [0, 0.1) is 5.92 Å². The Morgan fingerprint density at radius 2 is 1.94 bits per heavy atom. The zero-order valence-electron chi connectivity index (χ0n) is 9.76. The maximum absolute atomic E-state index is 5.73. The lowest BCUT2D eigenvalue weighted by Crippen LogP contribution is -2.34. The molecular weight excluding hydrogens is 195 g/mol. The molecule has 0 amide bonds. The Kier molecular flexibility index (Phi) is 2.43. The van der Waals surface area contributed by atoms with Gasteiger partial charge in [-0.3, -0.25) is 0 Å². The molecule has 0 N–H and O–H groups in total. The summed E-state index contributed by atoms with van der Waals surface area (Å²) >= 11 is 0. The van der Waals surface area contributed by atoms with Crippen molar-refractivity contribution in [2.45, 2.75) is 12.5 Å². The largest absolute Gasteiger partial charge is 0.367 e. The van der Waals surface area contributed by atoms with Crippen LogP contribution in [0.25, 0.3) is 0 Å². The van der Waals surface area contributed by atoms with Gasteiger partial charge in [0.2, 0.25) is 0 Å². The van der Waals surface area contributed by atoms with Gasteiger partial charge in [0.05, 0.1) is 0 Å². The Balaban J connectivity index is 1.83. The van der Waals surface area contributed by atoms with Crippen LogP contribution in [0.1, 0.15) is 6.42 Å². The number of benzene rings is 1. The number of hydrogen-bond acceptors (Lipinski definition) is 2. The summed E-state index contributed by atoms with van der Waals surface area (Å²) in [5.74, 6) is 0.863. The van der Waals surface area contributed by atoms with Crippen molar-refractivity contribution in [1.29, 1.82) is 0 Å². The van der Waals surface area contributed by atoms with E-state index in [0.717, 1.165) is 11.4 Å². The highest BCUT2D eigenvalue weighted by Crippen LogP contribution is 2.33. The lowest BCUT2D eigenvalue weighted by molar-refractivity contribution is 0.386. The first-order valence-electron chi connectivity index (χ1n) is 6.05. The van der Waals surface area contributed by atoms with Gasteiger partial charge >= 0.3 is 0 Å². The topological polar surface area (TPSA) is 6.48 Å². The van der Waals surface area contributed by atoms with Crippen molar-refractivity contribution in [1.82, 2.24) is 4.90 Å². The molecule has 0 aliphatic carbocycles. The summed E-state index contributed by atoms with van der Waals surface area (Å²) in [5, 5.41) is 0. The minimum absolute atomic E-state index is 0.716. The minimum atomic E-state index is 0.716. The molecule has 2 fully saturated rings. The van der Waals surface area contributed by atoms with Crippen LogP contribution in [-0.2, 0) is 0 Å². The first kappa shape index (κ1) is 10.2. The smallest absolute Gasteiger partial charge is 0.113 e. The van der Waals surface area contributed by atoms with Gasteiger partial charge in [-0.05, 0) is 31.5 Å². The molecule has 82 valence electrons. The quantitative estimate of drug-likeness (QED) is 0.629. The lowest BCUT2D eigenvalue weighted by Gasteiger charge is -2.26. The van der Waals surface area contributed by atoms with Crippen LogP contribution in [0.4, 0.5) is 5.69 Å². The van der Waals surface area contributed by atoms with E-state index in [1.54, 1.807) is 0 Å². The summed E-state index contributed by atoms with van der Waals surface area (Å²) in [7, 11) is 7.95. The molecule has 1 aromatic rings. The van der Waals surface area contributed by atoms with E-state index in [-0.39, 0.29) is 0 Å². The highest BCUT2D eigenvalue weighted by Gasteiger charge is 2.39. The first-order chi connectivity index (χ1) is 7.74. The molecule has 3 heteroatoms. The van der Waals surface area contributed by atoms with Crippen molar-refractivity contribution < 1.29 is 0 Å². The summed E-state index contributed by atoms with van der Waals surface area (Å²) in [4.78, 5) is 4.99. The van der Waals surface area contributed by atoms with Gasteiger partial charge in [0, 0.05) is 31.4 Å². The van der Waals surface area contributed by atoms with Crippen LogP contribution < -0.4 is 10.4 Å². The Morgan fingerprint density at radius 3 is 2.69 bits per heavy atom. The third-order valence-corrected chi connectivity index (χ3v) is 3.95. The predicted molar refractivity (Wildman–Crippen MR) is 68.6 cm³/mol. The lowest BCUT2D eigenvalue weighted by atomic mass is 9.96. The van der Waals surface area contributed by atoms with E-state index in [2.05, 4.69) is 29.0 Å². The number of hydrogen-bond donors (Lipinski definition) is 0. The normalized spacial score (nSPS) is 29.7. The summed E-state index contributed by atoms with van der Waals surface area (Å²) in [6, 6.07) is 9.02. The molecular formula is C13H17BN2. The van der Waals surface area contributed by atoms with Crippen molar-refractivity contribution in [2.75, 3.05) is 31.6 Å². The zero-order valence-corrected chi connectivity index (χ0v) is 9.76. The van der Waals surface area contributed by atoms with Gasteiger partial charge in [-0.2, -0.15) is 0 Å². The van der Waals surface area contributed by atoms with Crippen LogP contribution in [0.3, 0.4) is 0 Å². The molecule has 0 aromatic heterocycles. The maximum Gasteiger partial charge on any atom is 0.113 e. The van der Waals surface area contributed by atoms with Gasteiger partial charge in [0.25, 0.3) is 0 Å². The highest BCUT2D eigenvalue weighted by molar-refractivity contribution is 6.32. The fourth-order valence-corrected chi connectivity index (χ4v) is 3.16. The minimum Gasteiger partial charge on any atom is -0.367 e. The third kappa shape index (κ3) is 1.63. The number of likely N-dealkylation sites (N-methyl/N-ethyl adjacent to an activating group) is 1. The molecule has 2 aliphatic rings. The first-order valence-corrected chi connectivity index (χ1v) is 6.05. The van der Waals surface area contributed by atoms with E-state index in [9.17, 15) is 0 Å². The molecule has 3 rings (SSSR count). The molecule has 2 saturated heterocycles. The molecule has 2 atom stereocenters. The summed E-state index contributed by atoms with van der Waals surface area (Å²) in [6.07, 6.45) is 1.33. The molecule has 2 radical (unpaired) electrons. The fourth-order valence-electron chi connectivity index (χ4n) is 3.16. The molecule has 0 saturated carbocycles. The number of fused-ring (bicyclic) bond motifs is 1. The molecule has 2 nitrogen and oxygen atoms in total. The number of likely N-dealkylation sites (tertiary alicyclic amines) is 1. The Bertz CT molecular complexity index is 376. The van der Waals surface area contributed by atoms with E-state index in [1.807, 2.05) is 12.1 Å². The number of nitrogens with zero attached hydrogens (tertiary/aromatic N) is 2. The second kappa shape index (κ2) is 3.81. The molecule has 0 spiro atoms. The van der Waals surface area contributed by atoms with Crippen LogP contribution in [0.5, 0.6) is 0 Å². The van der Waals surface area contributed by atoms with Crippen LogP contribution in [0.15, 0.2) is 24.3 Å². The van der Waals surface area contributed by atoms with E-state index in [4.69, 9.17) is 7.85 Å². The second-order valence-electron chi connectivity index (χ2n) is 5.12. The zero-order chi connectivity index (χ0) is 11.1. The van der Waals surface area contributed by atoms with Gasteiger partial charge in [-0.25, -0.2) is 0 Å². The molecule has 1 aromatic carbocycles. The van der Waals surface area contributed by atoms with Crippen LogP contribution >= 0.6 is 0 Å². The molecule has 2 aliphatic heterocycles. The average Bonchev–Trinajstić information content (AvgIpc) is 2.78. The van der Waals surface area contributed by atoms with E-state index >= 15 is 0 Å². The Labute approximate surface area is 98.6 Å². The SMILES string of the molecule is [B]c1ccc(N2CC[C@@H]3CN(C)C[C@@H]32)cc1. The van der Waals surface area contributed by atoms with Gasteiger partial charge in [0.15, 0.2) is 0 Å². The molecule has 2 heterocycles. The third-order valence-electron chi connectivity index (χ3n) is 3.95. The van der Waals surface area contributed by atoms with Gasteiger partial charge in [-0.15, -0.1) is 0 Å². The number of anilines is 1. The monoisotopic (exact) mass is 212 g/mol. The van der Waals surface area contributed by atoms with E-state index < -0.39 is 0 Å². The van der Waals surface area contributed by atoms with Crippen LogP contribution in [0.2, 0.25) is 0 Å². The molecule has 0 unspecified atom stereocenters. The predicted octanol–water partition coefficient (Wildman–Crippen LogP) is 0.621. The summed E-state index contributed by atoms with van der Waals surface area (Å²) in [6.45, 7) is 3.66. The van der Waals surface area contributed by atoms with Gasteiger partial charge in [0.1, 0.15) is 7.85 Å². The maximum atomic E-state index is 5.73. The molecule has 0 bridgehead atoms. The standard InChI is InChI=1S/C13H17BN2/c1-15-8-10-6-7-16(13(10)9-15)12-4-2-11(14)3-5-12/h2-5,10,13H,6-9H2,1H3/t10-,13+/m1/s1. The van der Waals surface area contributed by atoms with Crippen molar-refractivity contribution in [2.24, 2.45) is 5.92 Å². The van der Waals surface area contributed by atoms with Crippen molar-refractivity contribution in [3.63, 3.8) is 0 Å². The van der Waals surface area contributed by atoms with Gasteiger partial charge < -0.3 is 9.80 Å². The van der Waals surface area contributed by atoms with Crippen molar-refractivity contribution in [3.05, 3.63) is 24.3 Å². The summed E-state index contributed by atoms with van der Waals surface area (Å²) in [5.41, 5.74) is 2.18. The Morgan fingerprint density at radius 1 is 1.19 bits per heavy atom. The average molecular weight is 212 g/mol. The number of rotatable bonds is 1. The van der Waals surface area contributed by atoms with Crippen molar-refractivity contribution in [3.8, 4) is 0 Å². The highest BCUT2D eigenvalue weighted by atomic mass is 15.3.